The van der Waals surface area contributed by atoms with E-state index in [0.29, 0.717) is 35.0 Å². The molecule has 0 radical (unpaired) electrons. The number of allylic oxidation sites excluding steroid dienone is 2. The number of rotatable bonds is 4. The van der Waals surface area contributed by atoms with Gasteiger partial charge in [-0.1, -0.05) is 25.8 Å². The Labute approximate surface area is 171 Å². The molecule has 1 unspecified atom stereocenters. The van der Waals surface area contributed by atoms with Crippen LogP contribution in [0.2, 0.25) is 0 Å². The standard InChI is InChI=1S/C23H28FN3O2/c1-4-17-14-18(23(28)27-13-7-5-6-8-15(27)2)25-20(26(17)3)12-10-16-9-11-19-22(29-19)21(16)24/h9,11-12,14-15H,4-8,10,13H2,1-3H3/b20-12-. The molecule has 0 N–H and O–H groups in total. The molecule has 0 spiro atoms. The first kappa shape index (κ1) is 19.7. The van der Waals surface area contributed by atoms with E-state index >= 15 is 0 Å². The van der Waals surface area contributed by atoms with Gasteiger partial charge in [-0.3, -0.25) is 4.79 Å². The first-order chi connectivity index (χ1) is 14.0. The number of carbonyl (C=O) groups excluding carboxylic acids is 1. The Hall–Kier alpha value is -2.63. The van der Waals surface area contributed by atoms with Crippen molar-refractivity contribution in [2.45, 2.75) is 58.4 Å². The van der Waals surface area contributed by atoms with Crippen molar-refractivity contribution in [3.8, 4) is 11.5 Å². The van der Waals surface area contributed by atoms with Crippen LogP contribution in [0.5, 0.6) is 11.5 Å². The lowest BCUT2D eigenvalue weighted by Crippen LogP contribution is -2.43. The summed E-state index contributed by atoms with van der Waals surface area (Å²) in [6, 6.07) is 3.75. The van der Waals surface area contributed by atoms with Gasteiger partial charge in [-0.2, -0.15) is 0 Å². The van der Waals surface area contributed by atoms with E-state index in [0.717, 1.165) is 37.9 Å². The summed E-state index contributed by atoms with van der Waals surface area (Å²) in [5, 5.41) is 0. The molecule has 0 aliphatic carbocycles. The monoisotopic (exact) mass is 397 g/mol. The molecular weight excluding hydrogens is 369 g/mol. The van der Waals surface area contributed by atoms with Crippen molar-refractivity contribution in [3.05, 3.63) is 47.2 Å². The highest BCUT2D eigenvalue weighted by molar-refractivity contribution is 6.43. The molecule has 1 aromatic rings. The molecule has 4 rings (SSSR count). The van der Waals surface area contributed by atoms with Crippen molar-refractivity contribution in [2.24, 2.45) is 4.99 Å². The van der Waals surface area contributed by atoms with Gasteiger partial charge >= 0.3 is 0 Å². The fourth-order valence-electron chi connectivity index (χ4n) is 4.09. The Kier molecular flexibility index (Phi) is 5.43. The number of amides is 1. The third-order valence-electron chi connectivity index (χ3n) is 6.02. The molecule has 6 heteroatoms. The highest BCUT2D eigenvalue weighted by atomic mass is 19.1. The van der Waals surface area contributed by atoms with Crippen LogP contribution in [0, 0.1) is 5.82 Å². The summed E-state index contributed by atoms with van der Waals surface area (Å²) in [7, 11) is 1.94. The van der Waals surface area contributed by atoms with Crippen molar-refractivity contribution in [3.63, 3.8) is 0 Å². The zero-order chi connectivity index (χ0) is 20.5. The molecule has 0 saturated carbocycles. The number of hydrogen-bond acceptors (Lipinski definition) is 4. The van der Waals surface area contributed by atoms with E-state index in [1.54, 1.807) is 12.1 Å². The van der Waals surface area contributed by atoms with Crippen molar-refractivity contribution in [2.75, 3.05) is 13.6 Å². The van der Waals surface area contributed by atoms with Crippen molar-refractivity contribution in [1.82, 2.24) is 9.80 Å². The van der Waals surface area contributed by atoms with Crippen LogP contribution in [0.1, 0.15) is 51.5 Å². The molecule has 1 amide bonds. The summed E-state index contributed by atoms with van der Waals surface area (Å²) >= 11 is 0. The van der Waals surface area contributed by atoms with Crippen LogP contribution in [0.25, 0.3) is 0 Å². The largest absolute Gasteiger partial charge is 0.446 e. The van der Waals surface area contributed by atoms with E-state index in [9.17, 15) is 9.18 Å². The van der Waals surface area contributed by atoms with Crippen LogP contribution in [-0.4, -0.2) is 41.1 Å². The van der Waals surface area contributed by atoms with Crippen LogP contribution < -0.4 is 4.74 Å². The average Bonchev–Trinajstić information content (AvgIpc) is 3.53. The van der Waals surface area contributed by atoms with Gasteiger partial charge in [0.25, 0.3) is 5.91 Å². The maximum atomic E-state index is 14.3. The van der Waals surface area contributed by atoms with Crippen LogP contribution in [0.15, 0.2) is 40.8 Å². The van der Waals surface area contributed by atoms with Gasteiger partial charge in [0, 0.05) is 25.3 Å². The molecule has 5 nitrogen and oxygen atoms in total. The fourth-order valence-corrected chi connectivity index (χ4v) is 4.09. The van der Waals surface area contributed by atoms with E-state index in [-0.39, 0.29) is 17.8 Å². The maximum Gasteiger partial charge on any atom is 0.272 e. The van der Waals surface area contributed by atoms with E-state index in [1.165, 1.54) is 6.42 Å². The summed E-state index contributed by atoms with van der Waals surface area (Å²) in [5.41, 5.74) is 2.07. The molecule has 0 bridgehead atoms. The lowest BCUT2D eigenvalue weighted by molar-refractivity contribution is -0.125. The van der Waals surface area contributed by atoms with Gasteiger partial charge < -0.3 is 14.5 Å². The minimum absolute atomic E-state index is 0.00603. The highest BCUT2D eigenvalue weighted by Gasteiger charge is 2.29. The topological polar surface area (TPSA) is 48.4 Å². The molecule has 0 aromatic heterocycles. The van der Waals surface area contributed by atoms with Crippen LogP contribution in [0.3, 0.4) is 0 Å². The third kappa shape index (κ3) is 3.93. The molecule has 3 heterocycles. The number of halogens is 1. The SMILES string of the molecule is CCC1=CC(C(=O)N2CCCCCC2C)=N/C(=C/Cc2ccc3c(c2F)O3)N1C. The number of fused-ring (bicyclic) bond motifs is 1. The summed E-state index contributed by atoms with van der Waals surface area (Å²) in [5.74, 6) is 1.33. The van der Waals surface area contributed by atoms with Gasteiger partial charge in [0.15, 0.2) is 11.6 Å². The minimum Gasteiger partial charge on any atom is -0.446 e. The predicted octanol–water partition coefficient (Wildman–Crippen LogP) is 4.79. The summed E-state index contributed by atoms with van der Waals surface area (Å²) in [6.45, 7) is 4.96. The van der Waals surface area contributed by atoms with Gasteiger partial charge in [0.2, 0.25) is 5.75 Å². The Morgan fingerprint density at radius 1 is 1.34 bits per heavy atom. The second kappa shape index (κ2) is 8.01. The van der Waals surface area contributed by atoms with Gasteiger partial charge in [-0.05, 0) is 56.4 Å². The number of hydrogen-bond donors (Lipinski definition) is 0. The summed E-state index contributed by atoms with van der Waals surface area (Å²) in [4.78, 5) is 21.8. The predicted molar refractivity (Wildman–Crippen MR) is 111 cm³/mol. The van der Waals surface area contributed by atoms with Gasteiger partial charge in [0.1, 0.15) is 11.5 Å². The van der Waals surface area contributed by atoms with Crippen molar-refractivity contribution in [1.29, 1.82) is 0 Å². The number of likely N-dealkylation sites (tertiary alicyclic amines) is 1. The zero-order valence-corrected chi connectivity index (χ0v) is 17.4. The molecule has 29 heavy (non-hydrogen) atoms. The van der Waals surface area contributed by atoms with E-state index < -0.39 is 0 Å². The van der Waals surface area contributed by atoms with Crippen LogP contribution >= 0.6 is 0 Å². The van der Waals surface area contributed by atoms with E-state index in [4.69, 9.17) is 4.74 Å². The molecule has 1 saturated heterocycles. The Bertz CT molecular complexity index is 919. The van der Waals surface area contributed by atoms with Crippen LogP contribution in [-0.2, 0) is 11.2 Å². The van der Waals surface area contributed by atoms with Crippen LogP contribution in [0.4, 0.5) is 4.39 Å². The number of aliphatic imine (C=N–C) groups is 1. The highest BCUT2D eigenvalue weighted by Crippen LogP contribution is 2.48. The lowest BCUT2D eigenvalue weighted by Gasteiger charge is -2.31. The quantitative estimate of drug-likeness (QED) is 0.697. The summed E-state index contributed by atoms with van der Waals surface area (Å²) in [6.07, 6.45) is 9.36. The fraction of sp³-hybridized carbons (Fsp3) is 0.478. The number of nitrogens with zero attached hydrogens (tertiary/aromatic N) is 3. The molecule has 154 valence electrons. The number of benzene rings is 1. The Morgan fingerprint density at radius 2 is 2.17 bits per heavy atom. The van der Waals surface area contributed by atoms with Gasteiger partial charge in [-0.25, -0.2) is 9.38 Å². The zero-order valence-electron chi connectivity index (χ0n) is 17.4. The smallest absolute Gasteiger partial charge is 0.272 e. The van der Waals surface area contributed by atoms with Crippen molar-refractivity contribution >= 4 is 11.6 Å². The molecule has 3 aliphatic heterocycles. The van der Waals surface area contributed by atoms with Gasteiger partial charge in [0.05, 0.1) is 0 Å². The second-order valence-electron chi connectivity index (χ2n) is 7.98. The molecule has 1 aromatic carbocycles. The number of carbonyl (C=O) groups is 1. The molecular formula is C23H28FN3O2. The maximum absolute atomic E-state index is 14.3. The molecule has 1 atom stereocenters. The summed E-state index contributed by atoms with van der Waals surface area (Å²) < 4.78 is 19.4. The normalized spacial score (nSPS) is 22.5. The number of ether oxygens (including phenoxy) is 1. The van der Waals surface area contributed by atoms with Crippen molar-refractivity contribution < 1.29 is 13.9 Å². The lowest BCUT2D eigenvalue weighted by atomic mass is 10.1. The second-order valence-corrected chi connectivity index (χ2v) is 7.98. The van der Waals surface area contributed by atoms with Gasteiger partial charge in [-0.15, -0.1) is 0 Å². The first-order valence-electron chi connectivity index (χ1n) is 10.5. The minimum atomic E-state index is -0.303. The third-order valence-corrected chi connectivity index (χ3v) is 6.02. The first-order valence-corrected chi connectivity index (χ1v) is 10.5. The Morgan fingerprint density at radius 3 is 2.97 bits per heavy atom. The average molecular weight is 397 g/mol. The van der Waals surface area contributed by atoms with E-state index in [1.807, 2.05) is 29.0 Å². The Balaban J connectivity index is 1.59. The molecule has 1 fully saturated rings. The van der Waals surface area contributed by atoms with E-state index in [2.05, 4.69) is 18.8 Å². The molecule has 3 aliphatic rings.